The highest BCUT2D eigenvalue weighted by atomic mass is 32.2. The Morgan fingerprint density at radius 2 is 2.12 bits per heavy atom. The van der Waals surface area contributed by atoms with Crippen LogP contribution in [0.15, 0.2) is 29.3 Å². The minimum atomic E-state index is -3.96. The van der Waals surface area contributed by atoms with E-state index in [9.17, 15) is 18.0 Å². The van der Waals surface area contributed by atoms with Gasteiger partial charge >= 0.3 is 5.97 Å². The summed E-state index contributed by atoms with van der Waals surface area (Å²) in [6.07, 6.45) is 1.29. The minimum Gasteiger partial charge on any atom is -0.464 e. The molecule has 1 aromatic carbocycles. The van der Waals surface area contributed by atoms with Crippen molar-refractivity contribution in [3.8, 4) is 11.8 Å². The monoisotopic (exact) mass is 346 g/mol. The number of ether oxygens (including phenoxy) is 1. The topological polar surface area (TPSA) is 144 Å². The van der Waals surface area contributed by atoms with E-state index >= 15 is 0 Å². The molecule has 0 radical (unpaired) electrons. The Balaban J connectivity index is 2.27. The molecule has 0 bridgehead atoms. The zero-order valence-corrected chi connectivity index (χ0v) is 13.0. The van der Waals surface area contributed by atoms with Gasteiger partial charge in [-0.1, -0.05) is 0 Å². The fraction of sp³-hybridized carbons (Fsp3) is 0.0714. The maximum absolute atomic E-state index is 12.0. The first-order valence-electron chi connectivity index (χ1n) is 6.51. The number of sulfonamides is 1. The van der Waals surface area contributed by atoms with Crippen LogP contribution in [0.25, 0.3) is 5.69 Å². The van der Waals surface area contributed by atoms with Crippen molar-refractivity contribution < 1.29 is 22.7 Å². The third-order valence-corrected chi connectivity index (χ3v) is 4.92. The molecule has 24 heavy (non-hydrogen) atoms. The number of methoxy groups -OCH3 is 1. The number of rotatable bonds is 2. The summed E-state index contributed by atoms with van der Waals surface area (Å²) in [5, 5.41) is 9.08. The molecule has 0 atom stereocenters. The molecule has 1 aliphatic heterocycles. The zero-order chi connectivity index (χ0) is 17.6. The van der Waals surface area contributed by atoms with Crippen LogP contribution in [0.2, 0.25) is 0 Å². The number of carbonyl (C=O) groups is 2. The lowest BCUT2D eigenvalue weighted by Crippen LogP contribution is -2.20. The molecule has 2 heterocycles. The maximum atomic E-state index is 12.0. The maximum Gasteiger partial charge on any atom is 0.357 e. The highest BCUT2D eigenvalue weighted by Gasteiger charge is 2.33. The molecule has 2 aromatic rings. The average Bonchev–Trinajstić information content (AvgIpc) is 3.00. The first-order chi connectivity index (χ1) is 11.3. The van der Waals surface area contributed by atoms with Crippen molar-refractivity contribution in [3.63, 3.8) is 0 Å². The normalized spacial score (nSPS) is 14.6. The Hall–Kier alpha value is -3.32. The van der Waals surface area contributed by atoms with E-state index in [4.69, 9.17) is 11.0 Å². The van der Waals surface area contributed by atoms with Crippen LogP contribution < -0.4 is 10.5 Å². The van der Waals surface area contributed by atoms with E-state index in [-0.39, 0.29) is 33.1 Å². The molecule has 1 aromatic heterocycles. The summed E-state index contributed by atoms with van der Waals surface area (Å²) in [5.41, 5.74) is 5.87. The molecule has 0 fully saturated rings. The van der Waals surface area contributed by atoms with E-state index in [0.717, 1.165) is 7.11 Å². The van der Waals surface area contributed by atoms with E-state index in [0.29, 0.717) is 0 Å². The fourth-order valence-corrected chi connectivity index (χ4v) is 3.61. The number of hydrogen-bond donors (Lipinski definition) is 2. The number of benzene rings is 1. The molecular formula is C14H10N4O5S. The lowest BCUT2D eigenvalue weighted by molar-refractivity contribution is 0.0592. The van der Waals surface area contributed by atoms with Crippen LogP contribution in [0.3, 0.4) is 0 Å². The quantitative estimate of drug-likeness (QED) is 0.736. The zero-order valence-electron chi connectivity index (χ0n) is 12.2. The van der Waals surface area contributed by atoms with Crippen LogP contribution >= 0.6 is 0 Å². The van der Waals surface area contributed by atoms with Gasteiger partial charge in [0.1, 0.15) is 11.0 Å². The Morgan fingerprint density at radius 3 is 2.75 bits per heavy atom. The highest BCUT2D eigenvalue weighted by Crippen LogP contribution is 2.29. The molecule has 3 N–H and O–H groups in total. The number of hydrogen-bond acceptors (Lipinski definition) is 7. The van der Waals surface area contributed by atoms with Gasteiger partial charge in [-0.25, -0.2) is 17.9 Å². The standard InChI is InChI=1S/C14H10N4O5S/c1-23-14(20)12-11(16)7(5-15)6-18(12)8-2-3-9-10(4-8)24(21,22)17-13(9)19/h2-4,6H,16H2,1H3,(H,17,19). The molecule has 1 aliphatic rings. The second kappa shape index (κ2) is 5.10. The first kappa shape index (κ1) is 15.6. The van der Waals surface area contributed by atoms with Gasteiger partial charge < -0.3 is 15.0 Å². The summed E-state index contributed by atoms with van der Waals surface area (Å²) in [7, 11) is -2.80. The van der Waals surface area contributed by atoms with Crippen LogP contribution in [0.1, 0.15) is 26.4 Å². The van der Waals surface area contributed by atoms with Gasteiger partial charge in [0.2, 0.25) is 0 Å². The molecule has 0 spiro atoms. The second-order valence-electron chi connectivity index (χ2n) is 4.89. The molecular weight excluding hydrogens is 336 g/mol. The molecule has 0 saturated heterocycles. The van der Waals surface area contributed by atoms with Gasteiger partial charge in [0.25, 0.3) is 15.9 Å². The summed E-state index contributed by atoms with van der Waals surface area (Å²) in [4.78, 5) is 23.4. The van der Waals surface area contributed by atoms with Crippen molar-refractivity contribution in [3.05, 3.63) is 41.2 Å². The number of nitrogens with two attached hydrogens (primary N) is 1. The van der Waals surface area contributed by atoms with Crippen molar-refractivity contribution in [2.75, 3.05) is 12.8 Å². The lowest BCUT2D eigenvalue weighted by Gasteiger charge is -2.09. The van der Waals surface area contributed by atoms with E-state index < -0.39 is 21.9 Å². The minimum absolute atomic E-state index is 0.000923. The Labute approximate surface area is 136 Å². The summed E-state index contributed by atoms with van der Waals surface area (Å²) in [5.74, 6) is -1.51. The molecule has 1 amide bonds. The van der Waals surface area contributed by atoms with E-state index in [1.165, 1.54) is 29.0 Å². The van der Waals surface area contributed by atoms with Crippen LogP contribution in [0.4, 0.5) is 5.69 Å². The van der Waals surface area contributed by atoms with Crippen molar-refractivity contribution in [2.45, 2.75) is 4.90 Å². The first-order valence-corrected chi connectivity index (χ1v) is 7.99. The summed E-state index contributed by atoms with van der Waals surface area (Å²) in [6, 6.07) is 5.81. The molecule has 10 heteroatoms. The van der Waals surface area contributed by atoms with Gasteiger partial charge in [-0.15, -0.1) is 0 Å². The van der Waals surface area contributed by atoms with Crippen molar-refractivity contribution in [2.24, 2.45) is 0 Å². The smallest absolute Gasteiger partial charge is 0.357 e. The largest absolute Gasteiger partial charge is 0.464 e. The lowest BCUT2D eigenvalue weighted by atomic mass is 10.2. The molecule has 0 aliphatic carbocycles. The number of amides is 1. The Kier molecular flexibility index (Phi) is 3.31. The average molecular weight is 346 g/mol. The number of anilines is 1. The predicted octanol–water partition coefficient (Wildman–Crippen LogP) is 0.150. The summed E-state index contributed by atoms with van der Waals surface area (Å²) < 4.78 is 31.7. The molecule has 0 unspecified atom stereocenters. The second-order valence-corrected chi connectivity index (χ2v) is 6.54. The Morgan fingerprint density at radius 1 is 1.42 bits per heavy atom. The van der Waals surface area contributed by atoms with Gasteiger partial charge in [-0.3, -0.25) is 4.79 Å². The van der Waals surface area contributed by atoms with Crippen molar-refractivity contribution in [1.29, 1.82) is 5.26 Å². The number of fused-ring (bicyclic) bond motifs is 1. The molecule has 122 valence electrons. The number of nitriles is 1. The van der Waals surface area contributed by atoms with Crippen LogP contribution in [0.5, 0.6) is 0 Å². The van der Waals surface area contributed by atoms with Gasteiger partial charge in [0.05, 0.1) is 23.9 Å². The number of nitrogens with one attached hydrogen (secondary N) is 1. The molecule has 3 rings (SSSR count). The summed E-state index contributed by atoms with van der Waals surface area (Å²) >= 11 is 0. The van der Waals surface area contributed by atoms with E-state index in [1.54, 1.807) is 0 Å². The van der Waals surface area contributed by atoms with Crippen LogP contribution in [0, 0.1) is 11.3 Å². The summed E-state index contributed by atoms with van der Waals surface area (Å²) in [6.45, 7) is 0. The van der Waals surface area contributed by atoms with E-state index in [2.05, 4.69) is 4.74 Å². The van der Waals surface area contributed by atoms with Gasteiger partial charge in [-0.05, 0) is 18.2 Å². The SMILES string of the molecule is COC(=O)c1c(N)c(C#N)cn1-c1ccc2c(c1)S(=O)(=O)NC2=O. The predicted molar refractivity (Wildman–Crippen MR) is 80.9 cm³/mol. The highest BCUT2D eigenvalue weighted by molar-refractivity contribution is 7.90. The third-order valence-electron chi connectivity index (χ3n) is 3.55. The van der Waals surface area contributed by atoms with Crippen LogP contribution in [-0.2, 0) is 14.8 Å². The Bertz CT molecular complexity index is 1050. The number of nitrogen functional groups attached to an aromatic ring is 1. The van der Waals surface area contributed by atoms with Gasteiger partial charge in [0, 0.05) is 11.9 Å². The molecule has 0 saturated carbocycles. The number of nitrogens with zero attached hydrogens (tertiary/aromatic N) is 2. The van der Waals surface area contributed by atoms with Gasteiger partial charge in [0.15, 0.2) is 5.69 Å². The van der Waals surface area contributed by atoms with Crippen molar-refractivity contribution in [1.82, 2.24) is 9.29 Å². The van der Waals surface area contributed by atoms with Crippen molar-refractivity contribution >= 4 is 27.6 Å². The fourth-order valence-electron chi connectivity index (χ4n) is 2.42. The van der Waals surface area contributed by atoms with E-state index in [1.807, 2.05) is 10.8 Å². The van der Waals surface area contributed by atoms with Gasteiger partial charge in [-0.2, -0.15) is 5.26 Å². The third kappa shape index (κ3) is 2.10. The number of aromatic nitrogens is 1. The number of esters is 1. The van der Waals surface area contributed by atoms with Crippen LogP contribution in [-0.4, -0.2) is 32.0 Å². The molecule has 9 nitrogen and oxygen atoms in total. The number of carbonyl (C=O) groups excluding carboxylic acids is 2.